The zero-order valence-electron chi connectivity index (χ0n) is 19.6. The molecule has 2 unspecified atom stereocenters. The Labute approximate surface area is 201 Å². The van der Waals surface area contributed by atoms with Gasteiger partial charge >= 0.3 is 0 Å². The van der Waals surface area contributed by atoms with Crippen molar-refractivity contribution in [1.29, 1.82) is 0 Å². The van der Waals surface area contributed by atoms with E-state index in [0.717, 1.165) is 36.3 Å². The van der Waals surface area contributed by atoms with Crippen molar-refractivity contribution < 1.29 is 14.6 Å². The number of ether oxygens (including phenoxy) is 1. The molecule has 4 atom stereocenters. The third-order valence-electron chi connectivity index (χ3n) is 6.53. The van der Waals surface area contributed by atoms with Crippen molar-refractivity contribution >= 4 is 5.91 Å². The van der Waals surface area contributed by atoms with Gasteiger partial charge < -0.3 is 25.8 Å². The summed E-state index contributed by atoms with van der Waals surface area (Å²) < 4.78 is 5.41. The Morgan fingerprint density at radius 3 is 2.47 bits per heavy atom. The van der Waals surface area contributed by atoms with Gasteiger partial charge in [0.25, 0.3) is 5.91 Å². The zero-order valence-corrected chi connectivity index (χ0v) is 19.6. The number of hydrogen-bond acceptors (Lipinski definition) is 6. The van der Waals surface area contributed by atoms with Gasteiger partial charge in [0.05, 0.1) is 13.3 Å². The zero-order chi connectivity index (χ0) is 23.8. The molecule has 2 heterocycles. The number of rotatable bonds is 8. The van der Waals surface area contributed by atoms with Crippen LogP contribution in [0.15, 0.2) is 48.5 Å². The topological polar surface area (TPSA) is 94.7 Å². The van der Waals surface area contributed by atoms with Crippen LogP contribution >= 0.6 is 0 Å². The maximum Gasteiger partial charge on any atom is 0.251 e. The number of nitrogens with one attached hydrogen (secondary N) is 4. The highest BCUT2D eigenvalue weighted by Crippen LogP contribution is 2.24. The highest BCUT2D eigenvalue weighted by Gasteiger charge is 2.31. The van der Waals surface area contributed by atoms with E-state index in [2.05, 4.69) is 69.5 Å². The van der Waals surface area contributed by atoms with E-state index in [-0.39, 0.29) is 17.9 Å². The first-order valence-electron chi connectivity index (χ1n) is 12.0. The summed E-state index contributed by atoms with van der Waals surface area (Å²) in [7, 11) is 1.66. The smallest absolute Gasteiger partial charge is 0.251 e. The molecule has 7 nitrogen and oxygen atoms in total. The summed E-state index contributed by atoms with van der Waals surface area (Å²) >= 11 is 0. The molecule has 2 aromatic carbocycles. The Hall–Kier alpha value is -2.73. The van der Waals surface area contributed by atoms with Crippen LogP contribution in [0.5, 0.6) is 0 Å². The molecule has 4 rings (SSSR count). The molecule has 2 aliphatic heterocycles. The number of aliphatic hydroxyl groups excluding tert-OH is 1. The van der Waals surface area contributed by atoms with Crippen molar-refractivity contribution in [2.45, 2.75) is 43.5 Å². The minimum atomic E-state index is -1.06. The van der Waals surface area contributed by atoms with Gasteiger partial charge in [-0.2, -0.15) is 0 Å². The Morgan fingerprint density at radius 2 is 1.82 bits per heavy atom. The van der Waals surface area contributed by atoms with E-state index in [1.165, 1.54) is 12.0 Å². The molecule has 0 aliphatic carbocycles. The van der Waals surface area contributed by atoms with E-state index in [1.807, 2.05) is 12.1 Å². The number of methoxy groups -OCH3 is 1. The van der Waals surface area contributed by atoms with Crippen LogP contribution < -0.4 is 21.3 Å². The number of hydrogen-bond donors (Lipinski definition) is 5. The molecule has 0 saturated carbocycles. The predicted molar refractivity (Wildman–Crippen MR) is 132 cm³/mol. The fourth-order valence-electron chi connectivity index (χ4n) is 4.47. The van der Waals surface area contributed by atoms with Gasteiger partial charge in [0.2, 0.25) is 0 Å². The van der Waals surface area contributed by atoms with Gasteiger partial charge in [-0.3, -0.25) is 10.1 Å². The highest BCUT2D eigenvalue weighted by atomic mass is 16.5. The van der Waals surface area contributed by atoms with E-state index in [1.54, 1.807) is 7.11 Å². The second-order valence-corrected chi connectivity index (χ2v) is 9.00. The lowest BCUT2D eigenvalue weighted by molar-refractivity contribution is -0.133. The molecule has 7 heteroatoms. The molecule has 2 fully saturated rings. The third kappa shape index (κ3) is 6.66. The lowest BCUT2D eigenvalue weighted by Gasteiger charge is -2.31. The first-order valence-corrected chi connectivity index (χ1v) is 12.0. The van der Waals surface area contributed by atoms with Crippen LogP contribution in [0.2, 0.25) is 0 Å². The van der Waals surface area contributed by atoms with E-state index in [0.29, 0.717) is 25.7 Å². The minimum absolute atomic E-state index is 0.0613. The van der Waals surface area contributed by atoms with Gasteiger partial charge in [-0.05, 0) is 54.8 Å². The van der Waals surface area contributed by atoms with Crippen molar-refractivity contribution in [2.75, 3.05) is 33.5 Å². The fraction of sp³-hybridized carbons (Fsp3) is 0.444. The van der Waals surface area contributed by atoms with E-state index < -0.39 is 6.10 Å². The van der Waals surface area contributed by atoms with Crippen molar-refractivity contribution in [2.24, 2.45) is 0 Å². The van der Waals surface area contributed by atoms with E-state index in [4.69, 9.17) is 4.74 Å². The quantitative estimate of drug-likeness (QED) is 0.377. The van der Waals surface area contributed by atoms with Gasteiger partial charge in [0.15, 0.2) is 0 Å². The lowest BCUT2D eigenvalue weighted by atomic mass is 9.89. The van der Waals surface area contributed by atoms with Gasteiger partial charge in [0.1, 0.15) is 6.10 Å². The van der Waals surface area contributed by atoms with E-state index in [9.17, 15) is 9.90 Å². The second kappa shape index (κ2) is 12.1. The fourth-order valence-corrected chi connectivity index (χ4v) is 4.47. The molecule has 1 amide bonds. The van der Waals surface area contributed by atoms with Crippen molar-refractivity contribution in [3.05, 3.63) is 70.8 Å². The summed E-state index contributed by atoms with van der Waals surface area (Å²) in [4.78, 5) is 11.8. The summed E-state index contributed by atoms with van der Waals surface area (Å²) in [5.41, 5.74) is 4.29. The van der Waals surface area contributed by atoms with Gasteiger partial charge in [-0.25, -0.2) is 0 Å². The number of carbonyl (C=O) groups excluding carboxylic acids is 1. The lowest BCUT2D eigenvalue weighted by Crippen LogP contribution is -2.58. The molecule has 0 aromatic heterocycles. The third-order valence-corrected chi connectivity index (χ3v) is 6.53. The molecular weight excluding hydrogens is 428 g/mol. The van der Waals surface area contributed by atoms with Crippen molar-refractivity contribution in [3.8, 4) is 11.8 Å². The molecule has 180 valence electrons. The Bertz CT molecular complexity index is 991. The first kappa shape index (κ1) is 24.4. The molecule has 0 bridgehead atoms. The van der Waals surface area contributed by atoms with Crippen molar-refractivity contribution in [3.63, 3.8) is 0 Å². The number of aliphatic hydroxyl groups is 1. The molecule has 0 spiro atoms. The van der Waals surface area contributed by atoms with Gasteiger partial charge in [0, 0.05) is 49.3 Å². The van der Waals surface area contributed by atoms with Gasteiger partial charge in [-0.15, -0.1) is 0 Å². The molecular formula is C27H34N4O3. The van der Waals surface area contributed by atoms with Crippen LogP contribution in [0.3, 0.4) is 0 Å². The largest absolute Gasteiger partial charge is 0.384 e. The molecule has 2 aliphatic rings. The predicted octanol–water partition coefficient (Wildman–Crippen LogP) is 1.06. The average Bonchev–Trinajstić information content (AvgIpc) is 3.39. The van der Waals surface area contributed by atoms with Crippen molar-refractivity contribution in [1.82, 2.24) is 21.3 Å². The SMILES string of the molecule is COC[C@@H](CC1NCNC(=O)C1O)c1ccc(C#Cc2ccc(CN[C@@H]3CCNC3)cc2)cc1. The summed E-state index contributed by atoms with van der Waals surface area (Å²) in [5.74, 6) is 6.21. The Kier molecular flexibility index (Phi) is 8.69. The second-order valence-electron chi connectivity index (χ2n) is 9.00. The molecule has 5 N–H and O–H groups in total. The number of carbonyl (C=O) groups is 1. The van der Waals surface area contributed by atoms with Crippen LogP contribution in [0, 0.1) is 11.8 Å². The van der Waals surface area contributed by atoms with E-state index >= 15 is 0 Å². The standard InChI is InChI=1S/C27H34N4O3/c1-34-17-23(14-25-26(32)27(33)31-18-30-25)22-10-8-20(9-11-22)3-2-19-4-6-21(7-5-19)15-29-24-12-13-28-16-24/h4-11,23-26,28-30,32H,12-18H2,1H3,(H,31,33)/t23-,24-,25?,26?/m1/s1. The molecule has 2 saturated heterocycles. The average molecular weight is 463 g/mol. The molecule has 34 heavy (non-hydrogen) atoms. The summed E-state index contributed by atoms with van der Waals surface area (Å²) in [6.45, 7) is 3.90. The minimum Gasteiger partial charge on any atom is -0.384 e. The van der Waals surface area contributed by atoms with Crippen LogP contribution in [0.4, 0.5) is 0 Å². The number of benzene rings is 2. The first-order chi connectivity index (χ1) is 16.6. The normalized spacial score (nSPS) is 23.1. The monoisotopic (exact) mass is 462 g/mol. The van der Waals surface area contributed by atoms with Crippen LogP contribution in [-0.2, 0) is 16.1 Å². The maximum absolute atomic E-state index is 11.8. The van der Waals surface area contributed by atoms with Crippen LogP contribution in [0.1, 0.15) is 41.0 Å². The Balaban J connectivity index is 1.34. The molecule has 2 aromatic rings. The summed E-state index contributed by atoms with van der Waals surface area (Å²) in [6.07, 6.45) is 0.733. The number of amides is 1. The maximum atomic E-state index is 11.8. The van der Waals surface area contributed by atoms with Crippen LogP contribution in [-0.4, -0.2) is 62.7 Å². The Morgan fingerprint density at radius 1 is 1.12 bits per heavy atom. The summed E-state index contributed by atoms with van der Waals surface area (Å²) in [5, 5.41) is 22.9. The molecule has 0 radical (unpaired) electrons. The van der Waals surface area contributed by atoms with Gasteiger partial charge in [-0.1, -0.05) is 36.1 Å². The summed E-state index contributed by atoms with van der Waals surface area (Å²) in [6, 6.07) is 16.8. The van der Waals surface area contributed by atoms with Crippen LogP contribution in [0.25, 0.3) is 0 Å². The highest BCUT2D eigenvalue weighted by molar-refractivity contribution is 5.82.